The molecular formula is C21H26N2O3. The average Bonchev–Trinajstić information content (AvgIpc) is 3.45. The van der Waals surface area contributed by atoms with Gasteiger partial charge in [0.05, 0.1) is 12.0 Å². The summed E-state index contributed by atoms with van der Waals surface area (Å²) >= 11 is 0. The Morgan fingerprint density at radius 2 is 1.96 bits per heavy atom. The van der Waals surface area contributed by atoms with E-state index >= 15 is 0 Å². The second-order valence-electron chi connectivity index (χ2n) is 7.72. The lowest BCUT2D eigenvalue weighted by Gasteiger charge is -2.32. The van der Waals surface area contributed by atoms with Crippen molar-refractivity contribution in [3.63, 3.8) is 0 Å². The minimum Gasteiger partial charge on any atom is -0.459 e. The smallest absolute Gasteiger partial charge is 0.225 e. The van der Waals surface area contributed by atoms with Crippen molar-refractivity contribution < 1.29 is 14.0 Å². The molecule has 5 nitrogen and oxygen atoms in total. The summed E-state index contributed by atoms with van der Waals surface area (Å²) in [5, 5.41) is 4.19. The molecule has 2 fully saturated rings. The van der Waals surface area contributed by atoms with Crippen LogP contribution in [0.5, 0.6) is 0 Å². The largest absolute Gasteiger partial charge is 0.459 e. The summed E-state index contributed by atoms with van der Waals surface area (Å²) in [6.07, 6.45) is 3.75. The SMILES string of the molecule is Cc1c([C@@H](C)NC(=O)[C@H]2CCCN(C(=O)C3CC3)C2)oc2ccccc12. The summed E-state index contributed by atoms with van der Waals surface area (Å²) in [7, 11) is 0. The first-order chi connectivity index (χ1) is 12.5. The number of likely N-dealkylation sites (tertiary alicyclic amines) is 1. The highest BCUT2D eigenvalue weighted by atomic mass is 16.3. The van der Waals surface area contributed by atoms with Crippen LogP contribution in [0.1, 0.15) is 50.0 Å². The van der Waals surface area contributed by atoms with Gasteiger partial charge < -0.3 is 14.6 Å². The summed E-state index contributed by atoms with van der Waals surface area (Å²) in [5.74, 6) is 1.16. The molecule has 1 saturated heterocycles. The average molecular weight is 354 g/mol. The molecule has 138 valence electrons. The lowest BCUT2D eigenvalue weighted by atomic mass is 9.96. The van der Waals surface area contributed by atoms with Crippen molar-refractivity contribution in [2.75, 3.05) is 13.1 Å². The molecule has 1 aliphatic heterocycles. The van der Waals surface area contributed by atoms with Crippen molar-refractivity contribution in [1.29, 1.82) is 0 Å². The highest BCUT2D eigenvalue weighted by molar-refractivity contribution is 5.84. The van der Waals surface area contributed by atoms with Gasteiger partial charge in [0.25, 0.3) is 0 Å². The molecule has 0 spiro atoms. The van der Waals surface area contributed by atoms with Gasteiger partial charge >= 0.3 is 0 Å². The summed E-state index contributed by atoms with van der Waals surface area (Å²) < 4.78 is 5.97. The normalized spacial score (nSPS) is 21.6. The number of nitrogens with zero attached hydrogens (tertiary/aromatic N) is 1. The zero-order valence-electron chi connectivity index (χ0n) is 15.5. The van der Waals surface area contributed by atoms with Crippen LogP contribution in [0, 0.1) is 18.8 Å². The first kappa shape index (κ1) is 17.1. The summed E-state index contributed by atoms with van der Waals surface area (Å²) in [6.45, 7) is 5.32. The molecule has 2 aromatic rings. The Labute approximate surface area is 153 Å². The highest BCUT2D eigenvalue weighted by Crippen LogP contribution is 2.33. The van der Waals surface area contributed by atoms with Crippen LogP contribution in [-0.4, -0.2) is 29.8 Å². The van der Waals surface area contributed by atoms with E-state index in [2.05, 4.69) is 5.32 Å². The number of carbonyl (C=O) groups excluding carboxylic acids is 2. The van der Waals surface area contributed by atoms with E-state index in [0.29, 0.717) is 6.54 Å². The molecular weight excluding hydrogens is 328 g/mol. The lowest BCUT2D eigenvalue weighted by molar-refractivity contribution is -0.137. The van der Waals surface area contributed by atoms with Gasteiger partial charge in [-0.05, 0) is 45.6 Å². The van der Waals surface area contributed by atoms with Crippen molar-refractivity contribution in [3.05, 3.63) is 35.6 Å². The molecule has 1 aromatic carbocycles. The molecule has 2 atom stereocenters. The molecule has 0 unspecified atom stereocenters. The molecule has 4 rings (SSSR count). The van der Waals surface area contributed by atoms with E-state index in [4.69, 9.17) is 4.42 Å². The van der Waals surface area contributed by atoms with Crippen molar-refractivity contribution in [1.82, 2.24) is 10.2 Å². The van der Waals surface area contributed by atoms with Gasteiger partial charge in [0.2, 0.25) is 11.8 Å². The van der Waals surface area contributed by atoms with Gasteiger partial charge in [-0.3, -0.25) is 9.59 Å². The first-order valence-electron chi connectivity index (χ1n) is 9.61. The molecule has 26 heavy (non-hydrogen) atoms. The first-order valence-corrected chi connectivity index (χ1v) is 9.61. The molecule has 2 heterocycles. The third-order valence-electron chi connectivity index (χ3n) is 5.66. The van der Waals surface area contributed by atoms with E-state index < -0.39 is 0 Å². The number of hydrogen-bond donors (Lipinski definition) is 1. The third kappa shape index (κ3) is 3.22. The Hall–Kier alpha value is -2.30. The van der Waals surface area contributed by atoms with Gasteiger partial charge in [-0.2, -0.15) is 0 Å². The maximum absolute atomic E-state index is 12.8. The Balaban J connectivity index is 1.43. The van der Waals surface area contributed by atoms with E-state index in [0.717, 1.165) is 54.5 Å². The molecule has 1 saturated carbocycles. The van der Waals surface area contributed by atoms with Gasteiger partial charge in [0, 0.05) is 30.0 Å². The molecule has 0 radical (unpaired) electrons. The van der Waals surface area contributed by atoms with Gasteiger partial charge in [-0.1, -0.05) is 18.2 Å². The summed E-state index contributed by atoms with van der Waals surface area (Å²) in [5.41, 5.74) is 1.92. The van der Waals surface area contributed by atoms with Crippen molar-refractivity contribution in [3.8, 4) is 0 Å². The molecule has 1 aromatic heterocycles. The van der Waals surface area contributed by atoms with Crippen LogP contribution >= 0.6 is 0 Å². The fourth-order valence-corrected chi connectivity index (χ4v) is 3.98. The number of nitrogens with one attached hydrogen (secondary N) is 1. The number of amides is 2. The maximum atomic E-state index is 12.8. The van der Waals surface area contributed by atoms with Gasteiger partial charge in [0.15, 0.2) is 0 Å². The maximum Gasteiger partial charge on any atom is 0.225 e. The number of para-hydroxylation sites is 1. The van der Waals surface area contributed by atoms with E-state index in [1.807, 2.05) is 43.0 Å². The number of aryl methyl sites for hydroxylation is 1. The second-order valence-corrected chi connectivity index (χ2v) is 7.72. The van der Waals surface area contributed by atoms with Crippen LogP contribution in [0.2, 0.25) is 0 Å². The summed E-state index contributed by atoms with van der Waals surface area (Å²) in [4.78, 5) is 27.0. The van der Waals surface area contributed by atoms with Crippen LogP contribution in [0.4, 0.5) is 0 Å². The Bertz CT molecular complexity index is 837. The number of rotatable bonds is 4. The summed E-state index contributed by atoms with van der Waals surface area (Å²) in [6, 6.07) is 7.73. The van der Waals surface area contributed by atoms with Crippen LogP contribution in [-0.2, 0) is 9.59 Å². The van der Waals surface area contributed by atoms with Gasteiger partial charge in [0.1, 0.15) is 11.3 Å². The molecule has 0 bridgehead atoms. The van der Waals surface area contributed by atoms with E-state index in [-0.39, 0.29) is 29.7 Å². The number of furan rings is 1. The standard InChI is InChI=1S/C21H26N2O3/c1-13-17-7-3-4-8-18(17)26-19(13)14(2)22-20(24)16-6-5-11-23(12-16)21(25)15-9-10-15/h3-4,7-8,14-16H,5-6,9-12H2,1-2H3,(H,22,24)/t14-,16+/m1/s1. The lowest BCUT2D eigenvalue weighted by Crippen LogP contribution is -2.46. The Kier molecular flexibility index (Phi) is 4.47. The molecule has 2 amide bonds. The molecule has 5 heteroatoms. The predicted octanol–water partition coefficient (Wildman–Crippen LogP) is 3.57. The number of benzene rings is 1. The third-order valence-corrected chi connectivity index (χ3v) is 5.66. The van der Waals surface area contributed by atoms with Crippen LogP contribution < -0.4 is 5.32 Å². The predicted molar refractivity (Wildman–Crippen MR) is 99.5 cm³/mol. The quantitative estimate of drug-likeness (QED) is 0.913. The second kappa shape index (κ2) is 6.78. The van der Waals surface area contributed by atoms with Gasteiger partial charge in [-0.25, -0.2) is 0 Å². The van der Waals surface area contributed by atoms with E-state index in [9.17, 15) is 9.59 Å². The van der Waals surface area contributed by atoms with Crippen LogP contribution in [0.25, 0.3) is 11.0 Å². The Morgan fingerprint density at radius 3 is 2.69 bits per heavy atom. The van der Waals surface area contributed by atoms with Gasteiger partial charge in [-0.15, -0.1) is 0 Å². The van der Waals surface area contributed by atoms with Crippen LogP contribution in [0.3, 0.4) is 0 Å². The zero-order valence-corrected chi connectivity index (χ0v) is 15.5. The highest BCUT2D eigenvalue weighted by Gasteiger charge is 2.37. The minimum atomic E-state index is -0.190. The van der Waals surface area contributed by atoms with Crippen molar-refractivity contribution in [2.45, 2.75) is 45.6 Å². The fourth-order valence-electron chi connectivity index (χ4n) is 3.98. The topological polar surface area (TPSA) is 62.6 Å². The monoisotopic (exact) mass is 354 g/mol. The van der Waals surface area contributed by atoms with Crippen molar-refractivity contribution >= 4 is 22.8 Å². The number of piperidine rings is 1. The fraction of sp³-hybridized carbons (Fsp3) is 0.524. The number of carbonyl (C=O) groups is 2. The molecule has 1 N–H and O–H groups in total. The van der Waals surface area contributed by atoms with Crippen LogP contribution in [0.15, 0.2) is 28.7 Å². The number of hydrogen-bond acceptors (Lipinski definition) is 3. The van der Waals surface area contributed by atoms with E-state index in [1.165, 1.54) is 0 Å². The Morgan fingerprint density at radius 1 is 1.19 bits per heavy atom. The number of fused-ring (bicyclic) bond motifs is 1. The minimum absolute atomic E-state index is 0.0191. The zero-order chi connectivity index (χ0) is 18.3. The molecule has 2 aliphatic rings. The van der Waals surface area contributed by atoms with Crippen molar-refractivity contribution in [2.24, 2.45) is 11.8 Å². The van der Waals surface area contributed by atoms with E-state index in [1.54, 1.807) is 0 Å². The molecule has 1 aliphatic carbocycles.